The zero-order chi connectivity index (χ0) is 14.9. The minimum atomic E-state index is -0.496. The van der Waals surface area contributed by atoms with Crippen molar-refractivity contribution in [3.8, 4) is 0 Å². The zero-order valence-corrected chi connectivity index (χ0v) is 12.6. The topological polar surface area (TPSA) is 29.5 Å². The quantitative estimate of drug-likeness (QED) is 0.781. The minimum Gasteiger partial charge on any atom is -0.444 e. The number of halogens is 1. The standard InChI is InChI=1S/C16H22FNO2/c1-11-5-6-13(14(17)9-11)12-7-8-18(10-12)15(19)20-16(2,3)4/h5-6,9,12H,7-8,10H2,1-4H3. The maximum atomic E-state index is 14.0. The highest BCUT2D eigenvalue weighted by Crippen LogP contribution is 2.30. The van der Waals surface area contributed by atoms with Gasteiger partial charge in [-0.3, -0.25) is 0 Å². The lowest BCUT2D eigenvalue weighted by Crippen LogP contribution is -2.35. The first kappa shape index (κ1) is 14.8. The van der Waals surface area contributed by atoms with Gasteiger partial charge in [0.05, 0.1) is 0 Å². The molecule has 1 aromatic rings. The highest BCUT2D eigenvalue weighted by molar-refractivity contribution is 5.68. The predicted molar refractivity (Wildman–Crippen MR) is 76.3 cm³/mol. The number of carbonyl (C=O) groups is 1. The van der Waals surface area contributed by atoms with Crippen molar-refractivity contribution in [2.45, 2.75) is 45.6 Å². The van der Waals surface area contributed by atoms with Crippen LogP contribution in [0.3, 0.4) is 0 Å². The number of likely N-dealkylation sites (tertiary alicyclic amines) is 1. The van der Waals surface area contributed by atoms with Crippen molar-refractivity contribution in [3.05, 3.63) is 35.1 Å². The minimum absolute atomic E-state index is 0.0584. The number of hydrogen-bond acceptors (Lipinski definition) is 2. The second kappa shape index (κ2) is 5.43. The first-order valence-electron chi connectivity index (χ1n) is 7.00. The molecule has 0 aliphatic carbocycles. The molecule has 0 aromatic heterocycles. The van der Waals surface area contributed by atoms with Crippen molar-refractivity contribution in [3.63, 3.8) is 0 Å². The number of ether oxygens (including phenoxy) is 1. The molecule has 1 heterocycles. The lowest BCUT2D eigenvalue weighted by atomic mass is 9.97. The van der Waals surface area contributed by atoms with Crippen molar-refractivity contribution in [2.24, 2.45) is 0 Å². The van der Waals surface area contributed by atoms with Gasteiger partial charge in [0.2, 0.25) is 0 Å². The van der Waals surface area contributed by atoms with Crippen molar-refractivity contribution < 1.29 is 13.9 Å². The van der Waals surface area contributed by atoms with E-state index >= 15 is 0 Å². The Labute approximate surface area is 119 Å². The van der Waals surface area contributed by atoms with Crippen LogP contribution >= 0.6 is 0 Å². The van der Waals surface area contributed by atoms with Gasteiger partial charge in [0.1, 0.15) is 11.4 Å². The smallest absolute Gasteiger partial charge is 0.410 e. The monoisotopic (exact) mass is 279 g/mol. The SMILES string of the molecule is Cc1ccc(C2CCN(C(=O)OC(C)(C)C)C2)c(F)c1. The molecule has 1 aliphatic rings. The van der Waals surface area contributed by atoms with Crippen molar-refractivity contribution >= 4 is 6.09 Å². The summed E-state index contributed by atoms with van der Waals surface area (Å²) < 4.78 is 19.3. The van der Waals surface area contributed by atoms with Crippen LogP contribution in [-0.2, 0) is 4.74 Å². The molecule has 1 amide bonds. The number of hydrogen-bond donors (Lipinski definition) is 0. The number of rotatable bonds is 1. The van der Waals surface area contributed by atoms with Crippen molar-refractivity contribution in [2.75, 3.05) is 13.1 Å². The molecule has 20 heavy (non-hydrogen) atoms. The lowest BCUT2D eigenvalue weighted by Gasteiger charge is -2.24. The van der Waals surface area contributed by atoms with E-state index in [4.69, 9.17) is 4.74 Å². The second-order valence-corrected chi connectivity index (χ2v) is 6.44. The fourth-order valence-corrected chi connectivity index (χ4v) is 2.47. The molecule has 1 saturated heterocycles. The van der Waals surface area contributed by atoms with Gasteiger partial charge < -0.3 is 9.64 Å². The molecule has 1 fully saturated rings. The van der Waals surface area contributed by atoms with E-state index in [0.717, 1.165) is 12.0 Å². The molecule has 1 unspecified atom stereocenters. The first-order valence-corrected chi connectivity index (χ1v) is 7.00. The third kappa shape index (κ3) is 3.50. The summed E-state index contributed by atoms with van der Waals surface area (Å²) in [4.78, 5) is 13.6. The van der Waals surface area contributed by atoms with Crippen LogP contribution in [0.2, 0.25) is 0 Å². The number of benzene rings is 1. The van der Waals surface area contributed by atoms with E-state index in [-0.39, 0.29) is 17.8 Å². The molecule has 1 aromatic carbocycles. The summed E-state index contributed by atoms with van der Waals surface area (Å²) >= 11 is 0. The number of nitrogens with zero attached hydrogens (tertiary/aromatic N) is 1. The second-order valence-electron chi connectivity index (χ2n) is 6.44. The van der Waals surface area contributed by atoms with Gasteiger partial charge >= 0.3 is 6.09 Å². The fourth-order valence-electron chi connectivity index (χ4n) is 2.47. The average molecular weight is 279 g/mol. The van der Waals surface area contributed by atoms with Gasteiger partial charge in [0.25, 0.3) is 0 Å². The summed E-state index contributed by atoms with van der Waals surface area (Å²) in [7, 11) is 0. The molecular weight excluding hydrogens is 257 g/mol. The Balaban J connectivity index is 2.03. The van der Waals surface area contributed by atoms with Gasteiger partial charge in [-0.1, -0.05) is 12.1 Å². The van der Waals surface area contributed by atoms with Crippen LogP contribution in [0, 0.1) is 12.7 Å². The molecule has 110 valence electrons. The molecule has 2 rings (SSSR count). The Bertz CT molecular complexity index is 508. The van der Waals surface area contributed by atoms with Gasteiger partial charge in [0, 0.05) is 19.0 Å². The van der Waals surface area contributed by atoms with Crippen LogP contribution in [-0.4, -0.2) is 29.7 Å². The van der Waals surface area contributed by atoms with Crippen LogP contribution in [0.5, 0.6) is 0 Å². The molecule has 1 atom stereocenters. The Hall–Kier alpha value is -1.58. The van der Waals surface area contributed by atoms with Crippen molar-refractivity contribution in [1.29, 1.82) is 0 Å². The van der Waals surface area contributed by atoms with E-state index < -0.39 is 5.60 Å². The van der Waals surface area contributed by atoms with Crippen LogP contribution in [0.15, 0.2) is 18.2 Å². The Morgan fingerprint density at radius 3 is 2.70 bits per heavy atom. The predicted octanol–water partition coefficient (Wildman–Crippen LogP) is 3.86. The van der Waals surface area contributed by atoms with Gasteiger partial charge in [-0.15, -0.1) is 0 Å². The maximum Gasteiger partial charge on any atom is 0.410 e. The maximum absolute atomic E-state index is 14.0. The van der Waals surface area contributed by atoms with E-state index in [0.29, 0.717) is 18.7 Å². The largest absolute Gasteiger partial charge is 0.444 e. The number of aryl methyl sites for hydroxylation is 1. The van der Waals surface area contributed by atoms with Gasteiger partial charge in [-0.2, -0.15) is 0 Å². The molecular formula is C16H22FNO2. The van der Waals surface area contributed by atoms with E-state index in [1.165, 1.54) is 0 Å². The summed E-state index contributed by atoms with van der Waals surface area (Å²) in [5.41, 5.74) is 1.11. The van der Waals surface area contributed by atoms with Gasteiger partial charge in [-0.05, 0) is 51.3 Å². The lowest BCUT2D eigenvalue weighted by molar-refractivity contribution is 0.0292. The zero-order valence-electron chi connectivity index (χ0n) is 12.6. The van der Waals surface area contributed by atoms with E-state index in [9.17, 15) is 9.18 Å². The fraction of sp³-hybridized carbons (Fsp3) is 0.562. The molecule has 1 aliphatic heterocycles. The molecule has 0 saturated carbocycles. The summed E-state index contributed by atoms with van der Waals surface area (Å²) in [6, 6.07) is 5.29. The summed E-state index contributed by atoms with van der Waals surface area (Å²) in [6.07, 6.45) is 0.465. The number of amides is 1. The third-order valence-corrected chi connectivity index (χ3v) is 3.44. The molecule has 0 N–H and O–H groups in total. The van der Waals surface area contributed by atoms with Gasteiger partial charge in [0.15, 0.2) is 0 Å². The Kier molecular flexibility index (Phi) is 4.02. The van der Waals surface area contributed by atoms with Crippen LogP contribution < -0.4 is 0 Å². The highest BCUT2D eigenvalue weighted by atomic mass is 19.1. The molecule has 0 radical (unpaired) electrons. The van der Waals surface area contributed by atoms with E-state index in [2.05, 4.69) is 0 Å². The van der Waals surface area contributed by atoms with Crippen LogP contribution in [0.25, 0.3) is 0 Å². The molecule has 4 heteroatoms. The van der Waals surface area contributed by atoms with Crippen molar-refractivity contribution in [1.82, 2.24) is 4.90 Å². The Morgan fingerprint density at radius 1 is 1.40 bits per heavy atom. The summed E-state index contributed by atoms with van der Waals surface area (Å²) in [6.45, 7) is 8.55. The first-order chi connectivity index (χ1) is 9.26. The number of carbonyl (C=O) groups excluding carboxylic acids is 1. The van der Waals surface area contributed by atoms with E-state index in [1.807, 2.05) is 39.8 Å². The normalized spacial score (nSPS) is 19.2. The third-order valence-electron chi connectivity index (χ3n) is 3.44. The van der Waals surface area contributed by atoms with Crippen LogP contribution in [0.1, 0.15) is 44.2 Å². The Morgan fingerprint density at radius 2 is 2.10 bits per heavy atom. The summed E-state index contributed by atoms with van der Waals surface area (Å²) in [5, 5.41) is 0. The molecule has 0 spiro atoms. The highest BCUT2D eigenvalue weighted by Gasteiger charge is 2.31. The molecule has 0 bridgehead atoms. The van der Waals surface area contributed by atoms with E-state index in [1.54, 1.807) is 11.0 Å². The van der Waals surface area contributed by atoms with Crippen LogP contribution in [0.4, 0.5) is 9.18 Å². The van der Waals surface area contributed by atoms with Gasteiger partial charge in [-0.25, -0.2) is 9.18 Å². The molecule has 3 nitrogen and oxygen atoms in total. The summed E-state index contributed by atoms with van der Waals surface area (Å²) in [5.74, 6) is -0.121. The average Bonchev–Trinajstić information content (AvgIpc) is 2.75.